The van der Waals surface area contributed by atoms with E-state index in [0.717, 1.165) is 6.42 Å². The molecule has 1 fully saturated rings. The third-order valence-electron chi connectivity index (χ3n) is 3.04. The highest BCUT2D eigenvalue weighted by Crippen LogP contribution is 2.45. The second-order valence-electron chi connectivity index (χ2n) is 4.95. The summed E-state index contributed by atoms with van der Waals surface area (Å²) < 4.78 is 0. The van der Waals surface area contributed by atoms with Gasteiger partial charge in [0.2, 0.25) is 0 Å². The van der Waals surface area contributed by atoms with E-state index < -0.39 is 0 Å². The van der Waals surface area contributed by atoms with Crippen LogP contribution in [0.1, 0.15) is 40.0 Å². The van der Waals surface area contributed by atoms with E-state index in [1.165, 1.54) is 25.9 Å². The van der Waals surface area contributed by atoms with Gasteiger partial charge in [0.1, 0.15) is 0 Å². The van der Waals surface area contributed by atoms with Crippen LogP contribution in [-0.4, -0.2) is 24.0 Å². The number of hydrogen-bond acceptors (Lipinski definition) is 1. The molecule has 1 rings (SSSR count). The molecule has 0 aliphatic heterocycles. The maximum atomic E-state index is 3.78. The van der Waals surface area contributed by atoms with Gasteiger partial charge in [-0.25, -0.2) is 0 Å². The topological polar surface area (TPSA) is 3.24 Å². The van der Waals surface area contributed by atoms with E-state index in [9.17, 15) is 0 Å². The highest BCUT2D eigenvalue weighted by Gasteiger charge is 2.38. The Kier molecular flexibility index (Phi) is 3.55. The van der Waals surface area contributed by atoms with Crippen LogP contribution in [0.25, 0.3) is 0 Å². The zero-order valence-corrected chi connectivity index (χ0v) is 9.34. The smallest absolute Gasteiger partial charge is 0.00389 e. The molecule has 0 spiro atoms. The maximum Gasteiger partial charge on any atom is 0.00389 e. The van der Waals surface area contributed by atoms with Crippen molar-refractivity contribution in [3.8, 4) is 0 Å². The molecule has 0 aromatic heterocycles. The normalized spacial score (nSPS) is 19.5. The van der Waals surface area contributed by atoms with Gasteiger partial charge < -0.3 is 4.90 Å². The standard InChI is InChI=1S/C12H23N/c1-5-6-9-13(11(2)3)10-12(4)7-8-12/h5,11H,1,6-10H2,2-4H3. The highest BCUT2D eigenvalue weighted by molar-refractivity contribution is 4.92. The van der Waals surface area contributed by atoms with Crippen LogP contribution in [0.15, 0.2) is 12.7 Å². The Bertz CT molecular complexity index is 168. The SMILES string of the molecule is C=CCCN(CC1(C)CC1)C(C)C. The molecule has 0 atom stereocenters. The molecular weight excluding hydrogens is 158 g/mol. The Balaban J connectivity index is 2.33. The van der Waals surface area contributed by atoms with Crippen molar-refractivity contribution in [1.29, 1.82) is 0 Å². The van der Waals surface area contributed by atoms with E-state index in [-0.39, 0.29) is 0 Å². The first-order valence-corrected chi connectivity index (χ1v) is 5.42. The Labute approximate surface area is 82.8 Å². The largest absolute Gasteiger partial charge is 0.300 e. The Morgan fingerprint density at radius 2 is 2.08 bits per heavy atom. The van der Waals surface area contributed by atoms with Gasteiger partial charge >= 0.3 is 0 Å². The van der Waals surface area contributed by atoms with Gasteiger partial charge in [-0.05, 0) is 38.5 Å². The number of nitrogens with zero attached hydrogens (tertiary/aromatic N) is 1. The van der Waals surface area contributed by atoms with Crippen LogP contribution in [0, 0.1) is 5.41 Å². The lowest BCUT2D eigenvalue weighted by molar-refractivity contribution is 0.187. The van der Waals surface area contributed by atoms with Crippen molar-refractivity contribution >= 4 is 0 Å². The predicted octanol–water partition coefficient (Wildman–Crippen LogP) is 3.07. The van der Waals surface area contributed by atoms with Crippen LogP contribution < -0.4 is 0 Å². The molecule has 76 valence electrons. The Morgan fingerprint density at radius 1 is 1.46 bits per heavy atom. The van der Waals surface area contributed by atoms with Crippen LogP contribution >= 0.6 is 0 Å². The number of rotatable bonds is 6. The average Bonchev–Trinajstić information content (AvgIpc) is 2.77. The molecule has 0 saturated heterocycles. The Hall–Kier alpha value is -0.300. The first-order chi connectivity index (χ1) is 6.07. The van der Waals surface area contributed by atoms with Gasteiger partial charge in [0, 0.05) is 19.1 Å². The van der Waals surface area contributed by atoms with Gasteiger partial charge in [0.05, 0.1) is 0 Å². The number of hydrogen-bond donors (Lipinski definition) is 0. The second-order valence-corrected chi connectivity index (χ2v) is 4.95. The summed E-state index contributed by atoms with van der Waals surface area (Å²) in [4.78, 5) is 2.58. The third kappa shape index (κ3) is 3.51. The zero-order chi connectivity index (χ0) is 9.90. The van der Waals surface area contributed by atoms with E-state index in [2.05, 4.69) is 32.3 Å². The van der Waals surface area contributed by atoms with Crippen molar-refractivity contribution < 1.29 is 0 Å². The molecule has 0 aromatic carbocycles. The lowest BCUT2D eigenvalue weighted by Crippen LogP contribution is -2.36. The fraction of sp³-hybridized carbons (Fsp3) is 0.833. The maximum absolute atomic E-state index is 3.78. The van der Waals surface area contributed by atoms with E-state index >= 15 is 0 Å². The van der Waals surface area contributed by atoms with E-state index in [1.807, 2.05) is 6.08 Å². The van der Waals surface area contributed by atoms with Gasteiger partial charge in [0.15, 0.2) is 0 Å². The molecule has 0 radical (unpaired) electrons. The molecule has 0 amide bonds. The van der Waals surface area contributed by atoms with Crippen LogP contribution in [0.3, 0.4) is 0 Å². The molecule has 0 unspecified atom stereocenters. The van der Waals surface area contributed by atoms with Crippen molar-refractivity contribution in [2.24, 2.45) is 5.41 Å². The summed E-state index contributed by atoms with van der Waals surface area (Å²) in [5.74, 6) is 0. The van der Waals surface area contributed by atoms with Crippen LogP contribution in [0.5, 0.6) is 0 Å². The summed E-state index contributed by atoms with van der Waals surface area (Å²) in [7, 11) is 0. The van der Waals surface area contributed by atoms with E-state index in [0.29, 0.717) is 11.5 Å². The van der Waals surface area contributed by atoms with Crippen molar-refractivity contribution in [2.45, 2.75) is 46.1 Å². The van der Waals surface area contributed by atoms with Gasteiger partial charge in [-0.15, -0.1) is 6.58 Å². The summed E-state index contributed by atoms with van der Waals surface area (Å²) >= 11 is 0. The molecular formula is C12H23N. The summed E-state index contributed by atoms with van der Waals surface area (Å²) in [6.45, 7) is 13.2. The minimum atomic E-state index is 0.644. The summed E-state index contributed by atoms with van der Waals surface area (Å²) in [5.41, 5.74) is 0.644. The minimum absolute atomic E-state index is 0.644. The molecule has 1 saturated carbocycles. The lowest BCUT2D eigenvalue weighted by Gasteiger charge is -2.28. The molecule has 1 nitrogen and oxygen atoms in total. The molecule has 1 aliphatic carbocycles. The van der Waals surface area contributed by atoms with Crippen molar-refractivity contribution in [2.75, 3.05) is 13.1 Å². The van der Waals surface area contributed by atoms with Crippen molar-refractivity contribution in [3.63, 3.8) is 0 Å². The van der Waals surface area contributed by atoms with Gasteiger partial charge in [-0.1, -0.05) is 13.0 Å². The molecule has 13 heavy (non-hydrogen) atoms. The zero-order valence-electron chi connectivity index (χ0n) is 9.34. The van der Waals surface area contributed by atoms with E-state index in [4.69, 9.17) is 0 Å². The molecule has 0 bridgehead atoms. The predicted molar refractivity (Wildman–Crippen MR) is 58.9 cm³/mol. The molecule has 0 heterocycles. The van der Waals surface area contributed by atoms with E-state index in [1.54, 1.807) is 0 Å². The van der Waals surface area contributed by atoms with Gasteiger partial charge in [-0.2, -0.15) is 0 Å². The molecule has 0 aromatic rings. The van der Waals surface area contributed by atoms with Gasteiger partial charge in [-0.3, -0.25) is 0 Å². The monoisotopic (exact) mass is 181 g/mol. The fourth-order valence-electron chi connectivity index (χ4n) is 1.64. The average molecular weight is 181 g/mol. The van der Waals surface area contributed by atoms with Crippen LogP contribution in [0.2, 0.25) is 0 Å². The lowest BCUT2D eigenvalue weighted by atomic mass is 10.1. The summed E-state index contributed by atoms with van der Waals surface area (Å²) in [6, 6.07) is 0.678. The minimum Gasteiger partial charge on any atom is -0.300 e. The molecule has 1 aliphatic rings. The van der Waals surface area contributed by atoms with Gasteiger partial charge in [0.25, 0.3) is 0 Å². The highest BCUT2D eigenvalue weighted by atomic mass is 15.2. The summed E-state index contributed by atoms with van der Waals surface area (Å²) in [6.07, 6.45) is 5.98. The van der Waals surface area contributed by atoms with Crippen molar-refractivity contribution in [1.82, 2.24) is 4.90 Å². The Morgan fingerprint density at radius 3 is 2.46 bits per heavy atom. The quantitative estimate of drug-likeness (QED) is 0.569. The van der Waals surface area contributed by atoms with Crippen LogP contribution in [0.4, 0.5) is 0 Å². The fourth-order valence-corrected chi connectivity index (χ4v) is 1.64. The first-order valence-electron chi connectivity index (χ1n) is 5.42. The third-order valence-corrected chi connectivity index (χ3v) is 3.04. The summed E-state index contributed by atoms with van der Waals surface area (Å²) in [5, 5.41) is 0. The first kappa shape index (κ1) is 10.8. The van der Waals surface area contributed by atoms with Crippen molar-refractivity contribution in [3.05, 3.63) is 12.7 Å². The molecule has 0 N–H and O–H groups in total. The second kappa shape index (κ2) is 4.28. The van der Waals surface area contributed by atoms with Crippen LogP contribution in [-0.2, 0) is 0 Å². The molecule has 1 heteroatoms.